The predicted octanol–water partition coefficient (Wildman–Crippen LogP) is -1.04. The summed E-state index contributed by atoms with van der Waals surface area (Å²) in [6.45, 7) is 0. The van der Waals surface area contributed by atoms with Crippen molar-refractivity contribution < 1.29 is 24.6 Å². The summed E-state index contributed by atoms with van der Waals surface area (Å²) in [5, 5.41) is 19.9. The molecule has 0 rings (SSSR count). The van der Waals surface area contributed by atoms with Crippen molar-refractivity contribution in [1.29, 1.82) is 0 Å². The maximum atomic E-state index is 10.4. The number of amides is 2. The number of aliphatic carboxylic acids is 2. The highest BCUT2D eigenvalue weighted by Gasteiger charge is 2.11. The summed E-state index contributed by atoms with van der Waals surface area (Å²) in [6, 6.07) is -1.01. The van der Waals surface area contributed by atoms with E-state index in [0.29, 0.717) is 0 Å². The van der Waals surface area contributed by atoms with Crippen LogP contribution in [0.15, 0.2) is 5.10 Å². The van der Waals surface area contributed by atoms with Gasteiger partial charge in [-0.15, -0.1) is 0 Å². The summed E-state index contributed by atoms with van der Waals surface area (Å²) in [6.07, 6.45) is -0.670. The fourth-order valence-electron chi connectivity index (χ4n) is 0.559. The average molecular weight is 203 g/mol. The van der Waals surface area contributed by atoms with Gasteiger partial charge in [0.2, 0.25) is 0 Å². The molecule has 0 aliphatic rings. The summed E-state index contributed by atoms with van der Waals surface area (Å²) in [5.74, 6) is -2.56. The molecule has 0 radical (unpaired) electrons. The van der Waals surface area contributed by atoms with Gasteiger partial charge in [0.15, 0.2) is 0 Å². The topological polar surface area (TPSA) is 142 Å². The van der Waals surface area contributed by atoms with Gasteiger partial charge >= 0.3 is 18.0 Å². The SMILES string of the molecule is NC(=O)N/N=C(\CCC(=O)O)C(=O)O. The molecule has 0 aliphatic heterocycles. The minimum absolute atomic E-state index is 0.287. The van der Waals surface area contributed by atoms with Crippen LogP contribution in [0, 0.1) is 0 Å². The zero-order chi connectivity index (χ0) is 11.1. The molecule has 14 heavy (non-hydrogen) atoms. The van der Waals surface area contributed by atoms with E-state index >= 15 is 0 Å². The summed E-state index contributed by atoms with van der Waals surface area (Å²) in [7, 11) is 0. The Balaban J connectivity index is 4.29. The van der Waals surface area contributed by atoms with Gasteiger partial charge in [-0.3, -0.25) is 4.79 Å². The third-order valence-corrected chi connectivity index (χ3v) is 1.12. The molecule has 0 aliphatic carbocycles. The average Bonchev–Trinajstić information content (AvgIpc) is 2.02. The maximum absolute atomic E-state index is 10.4. The quantitative estimate of drug-likeness (QED) is 0.333. The molecule has 0 atom stereocenters. The van der Waals surface area contributed by atoms with Crippen LogP contribution in [0.4, 0.5) is 4.79 Å². The standard InChI is InChI=1S/C6H9N3O5/c7-6(14)9-8-3(5(12)13)1-2-4(10)11/h1-2H2,(H,10,11)(H,12,13)(H3,7,9,14)/b8-3+. The Labute approximate surface area is 78.4 Å². The molecule has 0 fully saturated rings. The van der Waals surface area contributed by atoms with Gasteiger partial charge in [0.05, 0.1) is 6.42 Å². The summed E-state index contributed by atoms with van der Waals surface area (Å²) in [5.41, 5.74) is 5.87. The molecule has 0 saturated carbocycles. The minimum Gasteiger partial charge on any atom is -0.481 e. The first-order chi connectivity index (χ1) is 6.43. The van der Waals surface area contributed by atoms with Crippen molar-refractivity contribution in [3.63, 3.8) is 0 Å². The number of carbonyl (C=O) groups is 3. The molecule has 0 aromatic rings. The molecule has 0 heterocycles. The number of nitrogens with one attached hydrogen (secondary N) is 1. The molecule has 0 unspecified atom stereocenters. The van der Waals surface area contributed by atoms with E-state index in [0.717, 1.165) is 0 Å². The first-order valence-corrected chi connectivity index (χ1v) is 3.50. The number of rotatable bonds is 5. The molecule has 78 valence electrons. The summed E-state index contributed by atoms with van der Waals surface area (Å²) in [4.78, 5) is 30.7. The Morgan fingerprint density at radius 2 is 1.79 bits per heavy atom. The van der Waals surface area contributed by atoms with E-state index in [2.05, 4.69) is 10.8 Å². The Bertz CT molecular complexity index is 285. The number of hydrazone groups is 1. The predicted molar refractivity (Wildman–Crippen MR) is 44.7 cm³/mol. The third-order valence-electron chi connectivity index (χ3n) is 1.12. The van der Waals surface area contributed by atoms with Crippen LogP contribution in [0.2, 0.25) is 0 Å². The van der Waals surface area contributed by atoms with Gasteiger partial charge in [-0.2, -0.15) is 5.10 Å². The number of hydrogen-bond acceptors (Lipinski definition) is 4. The van der Waals surface area contributed by atoms with Crippen molar-refractivity contribution in [3.05, 3.63) is 0 Å². The molecule has 5 N–H and O–H groups in total. The highest BCUT2D eigenvalue weighted by molar-refractivity contribution is 6.35. The van der Waals surface area contributed by atoms with E-state index in [1.165, 1.54) is 0 Å². The van der Waals surface area contributed by atoms with E-state index in [-0.39, 0.29) is 12.8 Å². The van der Waals surface area contributed by atoms with E-state index in [4.69, 9.17) is 10.2 Å². The van der Waals surface area contributed by atoms with Gasteiger partial charge in [0, 0.05) is 6.42 Å². The molecule has 8 heteroatoms. The second-order valence-electron chi connectivity index (χ2n) is 2.23. The van der Waals surface area contributed by atoms with Crippen LogP contribution in [-0.4, -0.2) is 33.9 Å². The minimum atomic E-state index is -1.40. The van der Waals surface area contributed by atoms with Gasteiger partial charge in [-0.05, 0) is 0 Å². The lowest BCUT2D eigenvalue weighted by Gasteiger charge is -1.98. The molecule has 0 aromatic heterocycles. The van der Waals surface area contributed by atoms with Crippen molar-refractivity contribution in [1.82, 2.24) is 5.43 Å². The highest BCUT2D eigenvalue weighted by atomic mass is 16.4. The Morgan fingerprint density at radius 1 is 1.21 bits per heavy atom. The normalized spacial score (nSPS) is 10.7. The molecule has 0 saturated heterocycles. The van der Waals surface area contributed by atoms with Crippen molar-refractivity contribution in [2.24, 2.45) is 10.8 Å². The zero-order valence-corrected chi connectivity index (χ0v) is 7.06. The van der Waals surface area contributed by atoms with Crippen LogP contribution in [-0.2, 0) is 9.59 Å². The van der Waals surface area contributed by atoms with E-state index in [1.807, 2.05) is 0 Å². The number of hydrogen-bond donors (Lipinski definition) is 4. The molecule has 0 bridgehead atoms. The lowest BCUT2D eigenvalue weighted by molar-refractivity contribution is -0.136. The van der Waals surface area contributed by atoms with Crippen LogP contribution in [0.5, 0.6) is 0 Å². The second-order valence-corrected chi connectivity index (χ2v) is 2.23. The fraction of sp³-hybridized carbons (Fsp3) is 0.333. The molecular weight excluding hydrogens is 194 g/mol. The van der Waals surface area contributed by atoms with Gasteiger partial charge in [0.1, 0.15) is 5.71 Å². The summed E-state index contributed by atoms with van der Waals surface area (Å²) < 4.78 is 0. The van der Waals surface area contributed by atoms with Crippen LogP contribution in [0.3, 0.4) is 0 Å². The largest absolute Gasteiger partial charge is 0.481 e. The number of nitrogens with zero attached hydrogens (tertiary/aromatic N) is 1. The number of carboxylic acid groups (broad SMARTS) is 2. The van der Waals surface area contributed by atoms with Crippen molar-refractivity contribution in [3.8, 4) is 0 Å². The third kappa shape index (κ3) is 5.52. The van der Waals surface area contributed by atoms with Gasteiger partial charge < -0.3 is 15.9 Å². The lowest BCUT2D eigenvalue weighted by Crippen LogP contribution is -2.28. The monoisotopic (exact) mass is 203 g/mol. The molecule has 8 nitrogen and oxygen atoms in total. The van der Waals surface area contributed by atoms with Crippen molar-refractivity contribution >= 4 is 23.7 Å². The fourth-order valence-corrected chi connectivity index (χ4v) is 0.559. The number of primary amides is 1. The Morgan fingerprint density at radius 3 is 2.14 bits per heavy atom. The highest BCUT2D eigenvalue weighted by Crippen LogP contribution is 1.93. The zero-order valence-electron chi connectivity index (χ0n) is 7.06. The first-order valence-electron chi connectivity index (χ1n) is 3.50. The number of nitrogens with two attached hydrogens (primary N) is 1. The van der Waals surface area contributed by atoms with Crippen LogP contribution >= 0.6 is 0 Å². The lowest BCUT2D eigenvalue weighted by atomic mass is 10.2. The van der Waals surface area contributed by atoms with E-state index < -0.39 is 23.7 Å². The molecule has 0 spiro atoms. The van der Waals surface area contributed by atoms with Crippen LogP contribution in [0.25, 0.3) is 0 Å². The van der Waals surface area contributed by atoms with Gasteiger partial charge in [-0.25, -0.2) is 15.0 Å². The number of carbonyl (C=O) groups excluding carboxylic acids is 1. The smallest absolute Gasteiger partial charge is 0.352 e. The summed E-state index contributed by atoms with van der Waals surface area (Å²) >= 11 is 0. The maximum Gasteiger partial charge on any atom is 0.352 e. The molecular formula is C6H9N3O5. The number of urea groups is 1. The Hall–Kier alpha value is -2.12. The van der Waals surface area contributed by atoms with Gasteiger partial charge in [0.25, 0.3) is 0 Å². The molecule has 0 aromatic carbocycles. The van der Waals surface area contributed by atoms with E-state index in [9.17, 15) is 14.4 Å². The molecule has 2 amide bonds. The van der Waals surface area contributed by atoms with Crippen LogP contribution < -0.4 is 11.2 Å². The first kappa shape index (κ1) is 11.9. The Kier molecular flexibility index (Phi) is 4.68. The van der Waals surface area contributed by atoms with Crippen molar-refractivity contribution in [2.45, 2.75) is 12.8 Å². The number of carboxylic acids is 2. The van der Waals surface area contributed by atoms with Crippen molar-refractivity contribution in [2.75, 3.05) is 0 Å². The second kappa shape index (κ2) is 5.51. The van der Waals surface area contributed by atoms with E-state index in [1.54, 1.807) is 5.43 Å². The van der Waals surface area contributed by atoms with Gasteiger partial charge in [-0.1, -0.05) is 0 Å². The van der Waals surface area contributed by atoms with Crippen LogP contribution in [0.1, 0.15) is 12.8 Å².